The van der Waals surface area contributed by atoms with Crippen molar-refractivity contribution in [3.8, 4) is 0 Å². The van der Waals surface area contributed by atoms with Gasteiger partial charge in [0.05, 0.1) is 18.4 Å². The molecule has 98 valence electrons. The van der Waals surface area contributed by atoms with Gasteiger partial charge in [-0.15, -0.1) is 0 Å². The zero-order valence-corrected chi connectivity index (χ0v) is 11.0. The maximum absolute atomic E-state index is 11.2. The van der Waals surface area contributed by atoms with Crippen molar-refractivity contribution in [2.24, 2.45) is 5.41 Å². The Hall–Kier alpha value is -1.42. The smallest absolute Gasteiger partial charge is 0.339 e. The van der Waals surface area contributed by atoms with Crippen molar-refractivity contribution in [3.63, 3.8) is 0 Å². The normalized spacial score (nSPS) is 17.0. The van der Waals surface area contributed by atoms with E-state index in [0.717, 1.165) is 18.8 Å². The molecule has 1 aliphatic rings. The number of aromatic nitrogens is 1. The molecule has 0 saturated heterocycles. The molecule has 0 spiro atoms. The number of nitrogens with zero attached hydrogens (tertiary/aromatic N) is 1. The van der Waals surface area contributed by atoms with Gasteiger partial charge >= 0.3 is 5.97 Å². The van der Waals surface area contributed by atoms with Gasteiger partial charge < -0.3 is 10.1 Å². The fourth-order valence-corrected chi connectivity index (χ4v) is 2.22. The molecule has 1 aromatic heterocycles. The summed E-state index contributed by atoms with van der Waals surface area (Å²) in [6.07, 6.45) is 5.54. The molecule has 4 heteroatoms. The van der Waals surface area contributed by atoms with Crippen LogP contribution in [0, 0.1) is 5.41 Å². The number of ether oxygens (including phenoxy) is 1. The van der Waals surface area contributed by atoms with Gasteiger partial charge in [0.1, 0.15) is 0 Å². The summed E-state index contributed by atoms with van der Waals surface area (Å²) in [4.78, 5) is 15.5. The first-order chi connectivity index (χ1) is 8.63. The maximum atomic E-state index is 11.2. The zero-order chi connectivity index (χ0) is 13.0. The predicted molar refractivity (Wildman–Crippen MR) is 69.2 cm³/mol. The standard InChI is InChI=1S/C14H20N2O2/c1-14(6-3-7-14)10-15-9-12-5-4-11(8-16-12)13(17)18-2/h4-5,8,15H,3,6-7,9-10H2,1-2H3. The predicted octanol–water partition coefficient (Wildman–Crippen LogP) is 2.15. The summed E-state index contributed by atoms with van der Waals surface area (Å²) < 4.78 is 4.63. The van der Waals surface area contributed by atoms with Crippen molar-refractivity contribution in [2.45, 2.75) is 32.7 Å². The summed E-state index contributed by atoms with van der Waals surface area (Å²) in [5.74, 6) is -0.344. The van der Waals surface area contributed by atoms with Gasteiger partial charge in [0.2, 0.25) is 0 Å². The summed E-state index contributed by atoms with van der Waals surface area (Å²) in [5, 5.41) is 3.43. The average molecular weight is 248 g/mol. The highest BCUT2D eigenvalue weighted by Crippen LogP contribution is 2.39. The van der Waals surface area contributed by atoms with E-state index >= 15 is 0 Å². The molecule has 1 saturated carbocycles. The fourth-order valence-electron chi connectivity index (χ4n) is 2.22. The number of carbonyl (C=O) groups excluding carboxylic acids is 1. The Morgan fingerprint density at radius 1 is 1.50 bits per heavy atom. The topological polar surface area (TPSA) is 51.2 Å². The van der Waals surface area contributed by atoms with Crippen LogP contribution >= 0.6 is 0 Å². The second-order valence-corrected chi connectivity index (χ2v) is 5.30. The average Bonchev–Trinajstić information content (AvgIpc) is 2.36. The molecule has 4 nitrogen and oxygen atoms in total. The number of pyridine rings is 1. The van der Waals surface area contributed by atoms with E-state index in [-0.39, 0.29) is 5.97 Å². The molecule has 2 rings (SSSR count). The number of hydrogen-bond acceptors (Lipinski definition) is 4. The summed E-state index contributed by atoms with van der Waals surface area (Å²) in [6, 6.07) is 3.61. The van der Waals surface area contributed by atoms with Crippen LogP contribution in [-0.4, -0.2) is 24.6 Å². The number of hydrogen-bond donors (Lipinski definition) is 1. The van der Waals surface area contributed by atoms with E-state index in [1.807, 2.05) is 6.07 Å². The number of carbonyl (C=O) groups is 1. The van der Waals surface area contributed by atoms with E-state index in [4.69, 9.17) is 0 Å². The highest BCUT2D eigenvalue weighted by atomic mass is 16.5. The lowest BCUT2D eigenvalue weighted by atomic mass is 9.70. The summed E-state index contributed by atoms with van der Waals surface area (Å²) in [5.41, 5.74) is 1.92. The van der Waals surface area contributed by atoms with Crippen LogP contribution in [0.1, 0.15) is 42.2 Å². The number of nitrogens with one attached hydrogen (secondary N) is 1. The van der Waals surface area contributed by atoms with E-state index in [1.54, 1.807) is 12.3 Å². The Morgan fingerprint density at radius 2 is 2.28 bits per heavy atom. The lowest BCUT2D eigenvalue weighted by molar-refractivity contribution is 0.0600. The van der Waals surface area contributed by atoms with Crippen LogP contribution in [0.3, 0.4) is 0 Å². The molecule has 18 heavy (non-hydrogen) atoms. The first-order valence-corrected chi connectivity index (χ1v) is 6.37. The molecule has 0 aromatic carbocycles. The molecule has 1 heterocycles. The van der Waals surface area contributed by atoms with Crippen LogP contribution in [0.25, 0.3) is 0 Å². The Bertz CT molecular complexity index is 410. The molecular formula is C14H20N2O2. The molecule has 0 amide bonds. The molecule has 0 radical (unpaired) electrons. The molecule has 1 aromatic rings. The van der Waals surface area contributed by atoms with Crippen LogP contribution in [-0.2, 0) is 11.3 Å². The van der Waals surface area contributed by atoms with Gasteiger partial charge in [-0.1, -0.05) is 13.3 Å². The summed E-state index contributed by atoms with van der Waals surface area (Å²) in [7, 11) is 1.37. The Morgan fingerprint density at radius 3 is 2.78 bits per heavy atom. The van der Waals surface area contributed by atoms with E-state index in [9.17, 15) is 4.79 Å². The first-order valence-electron chi connectivity index (χ1n) is 6.37. The van der Waals surface area contributed by atoms with Crippen LogP contribution in [0.15, 0.2) is 18.3 Å². The first kappa shape index (κ1) is 13.0. The van der Waals surface area contributed by atoms with Gasteiger partial charge in [0.25, 0.3) is 0 Å². The third-order valence-electron chi connectivity index (χ3n) is 3.66. The van der Waals surface area contributed by atoms with Crippen LogP contribution in [0.2, 0.25) is 0 Å². The minimum absolute atomic E-state index is 0.344. The second kappa shape index (κ2) is 5.48. The van der Waals surface area contributed by atoms with Crippen LogP contribution in [0.4, 0.5) is 0 Å². The van der Waals surface area contributed by atoms with Gasteiger partial charge in [0.15, 0.2) is 0 Å². The monoisotopic (exact) mass is 248 g/mol. The molecule has 0 bridgehead atoms. The van der Waals surface area contributed by atoms with Gasteiger partial charge in [-0.2, -0.15) is 0 Å². The van der Waals surface area contributed by atoms with Crippen LogP contribution < -0.4 is 5.32 Å². The summed E-state index contributed by atoms with van der Waals surface area (Å²) in [6.45, 7) is 4.10. The van der Waals surface area contributed by atoms with Gasteiger partial charge in [-0.3, -0.25) is 4.98 Å². The van der Waals surface area contributed by atoms with Crippen molar-refractivity contribution >= 4 is 5.97 Å². The molecule has 0 unspecified atom stereocenters. The largest absolute Gasteiger partial charge is 0.465 e. The fraction of sp³-hybridized carbons (Fsp3) is 0.571. The van der Waals surface area contributed by atoms with Crippen molar-refractivity contribution in [1.82, 2.24) is 10.3 Å². The van der Waals surface area contributed by atoms with E-state index in [2.05, 4.69) is 22.0 Å². The van der Waals surface area contributed by atoms with Crippen molar-refractivity contribution in [1.29, 1.82) is 0 Å². The highest BCUT2D eigenvalue weighted by Gasteiger charge is 2.30. The molecular weight excluding hydrogens is 228 g/mol. The summed E-state index contributed by atoms with van der Waals surface area (Å²) >= 11 is 0. The zero-order valence-electron chi connectivity index (χ0n) is 11.0. The quantitative estimate of drug-likeness (QED) is 0.811. The van der Waals surface area contributed by atoms with E-state index in [0.29, 0.717) is 11.0 Å². The van der Waals surface area contributed by atoms with Gasteiger partial charge in [-0.25, -0.2) is 4.79 Å². The number of esters is 1. The molecule has 1 fully saturated rings. The van der Waals surface area contributed by atoms with Gasteiger partial charge in [-0.05, 0) is 30.4 Å². The Kier molecular flexibility index (Phi) is 3.97. The van der Waals surface area contributed by atoms with Gasteiger partial charge in [0, 0.05) is 19.3 Å². The molecule has 1 N–H and O–H groups in total. The Balaban J connectivity index is 1.81. The molecule has 0 atom stereocenters. The third-order valence-corrected chi connectivity index (χ3v) is 3.66. The van der Waals surface area contributed by atoms with E-state index in [1.165, 1.54) is 26.4 Å². The SMILES string of the molecule is COC(=O)c1ccc(CNCC2(C)CCC2)nc1. The van der Waals surface area contributed by atoms with E-state index < -0.39 is 0 Å². The van der Waals surface area contributed by atoms with Crippen LogP contribution in [0.5, 0.6) is 0 Å². The lowest BCUT2D eigenvalue weighted by Crippen LogP contribution is -2.37. The van der Waals surface area contributed by atoms with Crippen molar-refractivity contribution < 1.29 is 9.53 Å². The third kappa shape index (κ3) is 3.07. The molecule has 1 aliphatic carbocycles. The lowest BCUT2D eigenvalue weighted by Gasteiger charge is -2.38. The molecule has 0 aliphatic heterocycles. The number of rotatable bonds is 5. The second-order valence-electron chi connectivity index (χ2n) is 5.30. The number of methoxy groups -OCH3 is 1. The highest BCUT2D eigenvalue weighted by molar-refractivity contribution is 5.88. The Labute approximate surface area is 108 Å². The minimum atomic E-state index is -0.344. The van der Waals surface area contributed by atoms with Crippen molar-refractivity contribution in [2.75, 3.05) is 13.7 Å². The maximum Gasteiger partial charge on any atom is 0.339 e. The minimum Gasteiger partial charge on any atom is -0.465 e. The van der Waals surface area contributed by atoms with Crippen molar-refractivity contribution in [3.05, 3.63) is 29.6 Å².